The van der Waals surface area contributed by atoms with Gasteiger partial charge < -0.3 is 20.3 Å². The summed E-state index contributed by atoms with van der Waals surface area (Å²) < 4.78 is 4.95. The van der Waals surface area contributed by atoms with Crippen molar-refractivity contribution in [3.05, 3.63) is 23.1 Å². The largest absolute Gasteiger partial charge is 0.452 e. The molecule has 0 spiro atoms. The van der Waals surface area contributed by atoms with E-state index in [1.165, 1.54) is 6.26 Å². The van der Waals surface area contributed by atoms with Gasteiger partial charge in [0, 0.05) is 26.2 Å². The highest BCUT2D eigenvalue weighted by Gasteiger charge is 2.35. The predicted molar refractivity (Wildman–Crippen MR) is 78.7 cm³/mol. The lowest BCUT2D eigenvalue weighted by atomic mass is 10.00. The van der Waals surface area contributed by atoms with Crippen molar-refractivity contribution >= 4 is 23.3 Å². The molecule has 1 aliphatic heterocycles. The molecule has 0 aliphatic carbocycles. The number of furan rings is 1. The Morgan fingerprint density at radius 1 is 1.43 bits per heavy atom. The van der Waals surface area contributed by atoms with Crippen LogP contribution in [0.15, 0.2) is 21.9 Å². The van der Waals surface area contributed by atoms with Crippen LogP contribution in [0.3, 0.4) is 0 Å². The van der Waals surface area contributed by atoms with E-state index in [0.29, 0.717) is 31.7 Å². The van der Waals surface area contributed by atoms with Gasteiger partial charge in [-0.1, -0.05) is 5.16 Å². The number of oxime groups is 1. The third-order valence-corrected chi connectivity index (χ3v) is 4.23. The van der Waals surface area contributed by atoms with E-state index in [9.17, 15) is 4.79 Å². The second-order valence-electron chi connectivity index (χ2n) is 5.43. The normalized spacial score (nSPS) is 18.0. The molecule has 0 unspecified atom stereocenters. The quantitative estimate of drug-likeness (QED) is 0.378. The van der Waals surface area contributed by atoms with Crippen LogP contribution in [0.2, 0.25) is 5.22 Å². The van der Waals surface area contributed by atoms with Crippen LogP contribution in [0.25, 0.3) is 0 Å². The Balaban J connectivity index is 2.01. The molecule has 1 aromatic rings. The van der Waals surface area contributed by atoms with E-state index in [-0.39, 0.29) is 17.0 Å². The lowest BCUT2D eigenvalue weighted by molar-refractivity contribution is 0.0531. The van der Waals surface area contributed by atoms with Crippen LogP contribution in [0.5, 0.6) is 0 Å². The van der Waals surface area contributed by atoms with Gasteiger partial charge in [-0.3, -0.25) is 9.69 Å². The highest BCUT2D eigenvalue weighted by atomic mass is 35.5. The maximum Gasteiger partial charge on any atom is 0.258 e. The van der Waals surface area contributed by atoms with Crippen LogP contribution in [-0.2, 0) is 0 Å². The minimum absolute atomic E-state index is 0.111. The molecule has 0 aromatic carbocycles. The van der Waals surface area contributed by atoms with E-state index in [2.05, 4.69) is 10.1 Å². The summed E-state index contributed by atoms with van der Waals surface area (Å²) in [6, 6.07) is 1.57. The average molecular weight is 315 g/mol. The Hall–Kier alpha value is -1.73. The molecule has 1 aliphatic rings. The second kappa shape index (κ2) is 5.95. The molecule has 2 rings (SSSR count). The van der Waals surface area contributed by atoms with Crippen molar-refractivity contribution in [1.29, 1.82) is 0 Å². The van der Waals surface area contributed by atoms with E-state index in [1.807, 2.05) is 13.8 Å². The predicted octanol–water partition coefficient (Wildman–Crippen LogP) is 1.22. The molecule has 1 saturated heterocycles. The van der Waals surface area contributed by atoms with Crippen molar-refractivity contribution in [2.24, 2.45) is 10.9 Å². The minimum Gasteiger partial charge on any atom is -0.452 e. The first-order valence-electron chi connectivity index (χ1n) is 6.63. The van der Waals surface area contributed by atoms with Crippen LogP contribution < -0.4 is 5.73 Å². The van der Waals surface area contributed by atoms with Gasteiger partial charge in [-0.25, -0.2) is 0 Å². The molecule has 8 heteroatoms. The first-order chi connectivity index (χ1) is 9.87. The molecule has 7 nitrogen and oxygen atoms in total. The summed E-state index contributed by atoms with van der Waals surface area (Å²) in [5.74, 6) is 0.00941. The summed E-state index contributed by atoms with van der Waals surface area (Å²) in [6.07, 6.45) is 1.40. The third-order valence-electron chi connectivity index (χ3n) is 3.94. The standard InChI is InChI=1S/C13H19ClN4O3/c1-13(2,12(15)16-20)18-6-4-17(5-7-18)11(19)9-3-8-21-10(9)14/h3,8,20H,4-7H2,1-2H3,(H2,15,16). The molecule has 0 radical (unpaired) electrons. The second-order valence-corrected chi connectivity index (χ2v) is 5.77. The summed E-state index contributed by atoms with van der Waals surface area (Å²) in [4.78, 5) is 16.1. The summed E-state index contributed by atoms with van der Waals surface area (Å²) in [5.41, 5.74) is 5.54. The molecule has 1 amide bonds. The number of hydrogen-bond donors (Lipinski definition) is 2. The van der Waals surface area contributed by atoms with Gasteiger partial charge in [0.1, 0.15) is 0 Å². The smallest absolute Gasteiger partial charge is 0.258 e. The molecule has 0 saturated carbocycles. The first-order valence-corrected chi connectivity index (χ1v) is 7.01. The van der Waals surface area contributed by atoms with Crippen molar-refractivity contribution in [3.63, 3.8) is 0 Å². The number of halogens is 1. The van der Waals surface area contributed by atoms with Crippen LogP contribution in [-0.4, -0.2) is 58.5 Å². The molecule has 1 fully saturated rings. The van der Waals surface area contributed by atoms with E-state index >= 15 is 0 Å². The fourth-order valence-electron chi connectivity index (χ4n) is 2.37. The van der Waals surface area contributed by atoms with Crippen LogP contribution >= 0.6 is 11.6 Å². The zero-order valence-corrected chi connectivity index (χ0v) is 12.8. The van der Waals surface area contributed by atoms with Gasteiger partial charge in [0.25, 0.3) is 5.91 Å². The van der Waals surface area contributed by atoms with Gasteiger partial charge in [0.05, 0.1) is 17.4 Å². The minimum atomic E-state index is -0.558. The summed E-state index contributed by atoms with van der Waals surface area (Å²) in [7, 11) is 0. The van der Waals surface area contributed by atoms with E-state index in [0.717, 1.165) is 0 Å². The fourth-order valence-corrected chi connectivity index (χ4v) is 2.56. The SMILES string of the molecule is CC(C)(/C(N)=N/O)N1CCN(C(=O)c2ccoc2Cl)CC1. The third kappa shape index (κ3) is 2.98. The van der Waals surface area contributed by atoms with Gasteiger partial charge in [0.15, 0.2) is 5.84 Å². The van der Waals surface area contributed by atoms with Crippen LogP contribution in [0, 0.1) is 0 Å². The number of amides is 1. The van der Waals surface area contributed by atoms with E-state index < -0.39 is 5.54 Å². The molecule has 1 aromatic heterocycles. The Morgan fingerprint density at radius 3 is 2.52 bits per heavy atom. The number of carbonyl (C=O) groups excluding carboxylic acids is 1. The molecule has 116 valence electrons. The van der Waals surface area contributed by atoms with Crippen molar-refractivity contribution in [3.8, 4) is 0 Å². The zero-order chi connectivity index (χ0) is 15.6. The Kier molecular flexibility index (Phi) is 4.43. The monoisotopic (exact) mass is 314 g/mol. The highest BCUT2D eigenvalue weighted by molar-refractivity contribution is 6.32. The fraction of sp³-hybridized carbons (Fsp3) is 0.538. The summed E-state index contributed by atoms with van der Waals surface area (Å²) in [6.45, 7) is 6.11. The molecule has 2 heterocycles. The molecule has 0 bridgehead atoms. The number of piperazine rings is 1. The molecule has 0 atom stereocenters. The lowest BCUT2D eigenvalue weighted by Gasteiger charge is -2.43. The molecule has 21 heavy (non-hydrogen) atoms. The number of amidine groups is 1. The zero-order valence-electron chi connectivity index (χ0n) is 12.0. The number of rotatable bonds is 3. The van der Waals surface area contributed by atoms with Crippen LogP contribution in [0.4, 0.5) is 0 Å². The molecule has 3 N–H and O–H groups in total. The topological polar surface area (TPSA) is 95.3 Å². The van der Waals surface area contributed by atoms with Gasteiger partial charge in [-0.15, -0.1) is 0 Å². The first kappa shape index (κ1) is 15.7. The number of nitrogens with zero attached hydrogens (tertiary/aromatic N) is 3. The Morgan fingerprint density at radius 2 is 2.05 bits per heavy atom. The van der Waals surface area contributed by atoms with Crippen molar-refractivity contribution in [1.82, 2.24) is 9.80 Å². The van der Waals surface area contributed by atoms with Crippen molar-refractivity contribution in [2.45, 2.75) is 19.4 Å². The molecular weight excluding hydrogens is 296 g/mol. The summed E-state index contributed by atoms with van der Waals surface area (Å²) >= 11 is 5.83. The molecular formula is C13H19ClN4O3. The van der Waals surface area contributed by atoms with Gasteiger partial charge in [-0.2, -0.15) is 0 Å². The Labute approximate surface area is 127 Å². The maximum absolute atomic E-state index is 12.3. The van der Waals surface area contributed by atoms with E-state index in [4.69, 9.17) is 27.0 Å². The van der Waals surface area contributed by atoms with Gasteiger partial charge in [0.2, 0.25) is 5.22 Å². The maximum atomic E-state index is 12.3. The van der Waals surface area contributed by atoms with Crippen molar-refractivity contribution in [2.75, 3.05) is 26.2 Å². The van der Waals surface area contributed by atoms with Gasteiger partial charge in [-0.05, 0) is 31.5 Å². The number of carbonyl (C=O) groups is 1. The van der Waals surface area contributed by atoms with Crippen LogP contribution in [0.1, 0.15) is 24.2 Å². The lowest BCUT2D eigenvalue weighted by Crippen LogP contribution is -2.60. The summed E-state index contributed by atoms with van der Waals surface area (Å²) in [5, 5.41) is 12.0. The number of hydrogen-bond acceptors (Lipinski definition) is 5. The Bertz CT molecular complexity index is 547. The number of nitrogens with two attached hydrogens (primary N) is 1. The van der Waals surface area contributed by atoms with Crippen molar-refractivity contribution < 1.29 is 14.4 Å². The average Bonchev–Trinajstić information content (AvgIpc) is 2.91. The van der Waals surface area contributed by atoms with Gasteiger partial charge >= 0.3 is 0 Å². The van der Waals surface area contributed by atoms with E-state index in [1.54, 1.807) is 11.0 Å². The highest BCUT2D eigenvalue weighted by Crippen LogP contribution is 2.21.